The van der Waals surface area contributed by atoms with E-state index in [2.05, 4.69) is 26.3 Å². The SMILES string of the molecule is CNC(=O)c1ccc2ccc(C3=NN=NNC=C3)ccc1-2. The number of fused-ring (bicyclic) bond motifs is 1. The topological polar surface area (TPSA) is 78.2 Å². The molecular weight excluding hydrogens is 266 g/mol. The summed E-state index contributed by atoms with van der Waals surface area (Å²) in [4.78, 5) is 11.8. The van der Waals surface area contributed by atoms with Crippen LogP contribution in [0.3, 0.4) is 0 Å². The Morgan fingerprint density at radius 3 is 2.71 bits per heavy atom. The average Bonchev–Trinajstić information content (AvgIpc) is 2.71. The van der Waals surface area contributed by atoms with Gasteiger partial charge in [-0.05, 0) is 33.7 Å². The van der Waals surface area contributed by atoms with Gasteiger partial charge in [0.2, 0.25) is 0 Å². The van der Waals surface area contributed by atoms with E-state index in [0.29, 0.717) is 11.3 Å². The van der Waals surface area contributed by atoms with E-state index in [0.717, 1.165) is 16.7 Å². The average molecular weight is 279 g/mol. The number of nitrogens with zero attached hydrogens (tertiary/aromatic N) is 3. The second-order valence-electron chi connectivity index (χ2n) is 4.45. The minimum atomic E-state index is -0.0950. The Morgan fingerprint density at radius 2 is 1.86 bits per heavy atom. The second-order valence-corrected chi connectivity index (χ2v) is 4.45. The standard InChI is InChI=1S/C15H13N5O/c1-16-15(21)13-7-4-10-2-3-11(5-6-12(10)13)14-8-9-17-19-20-18-14/h2-9H,1H3,(H,16,21)(H,17,20). The van der Waals surface area contributed by atoms with Gasteiger partial charge in [-0.2, -0.15) is 0 Å². The maximum atomic E-state index is 11.8. The Morgan fingerprint density at radius 1 is 1.10 bits per heavy atom. The molecule has 0 aromatic rings. The normalized spacial score (nSPS) is 13.5. The van der Waals surface area contributed by atoms with Crippen LogP contribution in [0.5, 0.6) is 0 Å². The highest BCUT2D eigenvalue weighted by Gasteiger charge is 2.14. The molecule has 21 heavy (non-hydrogen) atoms. The van der Waals surface area contributed by atoms with Crippen LogP contribution in [-0.4, -0.2) is 18.7 Å². The molecule has 0 radical (unpaired) electrons. The van der Waals surface area contributed by atoms with Crippen LogP contribution in [0.2, 0.25) is 0 Å². The van der Waals surface area contributed by atoms with Crippen molar-refractivity contribution in [3.8, 4) is 11.1 Å². The third kappa shape index (κ3) is 2.51. The van der Waals surface area contributed by atoms with Crippen LogP contribution in [0, 0.1) is 0 Å². The van der Waals surface area contributed by atoms with Crippen molar-refractivity contribution in [2.75, 3.05) is 7.05 Å². The van der Waals surface area contributed by atoms with Gasteiger partial charge in [0, 0.05) is 24.4 Å². The summed E-state index contributed by atoms with van der Waals surface area (Å²) in [7, 11) is 1.62. The van der Waals surface area contributed by atoms with Crippen LogP contribution >= 0.6 is 0 Å². The molecule has 2 N–H and O–H groups in total. The van der Waals surface area contributed by atoms with E-state index >= 15 is 0 Å². The van der Waals surface area contributed by atoms with Gasteiger partial charge in [-0.3, -0.25) is 10.2 Å². The van der Waals surface area contributed by atoms with Crippen molar-refractivity contribution in [1.29, 1.82) is 0 Å². The summed E-state index contributed by atoms with van der Waals surface area (Å²) in [5, 5.41) is 13.9. The fourth-order valence-corrected chi connectivity index (χ4v) is 2.18. The lowest BCUT2D eigenvalue weighted by atomic mass is 10.1. The summed E-state index contributed by atoms with van der Waals surface area (Å²) in [6.45, 7) is 0. The maximum Gasteiger partial charge on any atom is 0.251 e. The van der Waals surface area contributed by atoms with Gasteiger partial charge < -0.3 is 5.32 Å². The monoisotopic (exact) mass is 279 g/mol. The molecule has 0 bridgehead atoms. The first kappa shape index (κ1) is 13.0. The predicted molar refractivity (Wildman–Crippen MR) is 80.1 cm³/mol. The zero-order valence-corrected chi connectivity index (χ0v) is 11.4. The van der Waals surface area contributed by atoms with Gasteiger partial charge in [0.25, 0.3) is 5.91 Å². The molecule has 6 nitrogen and oxygen atoms in total. The summed E-state index contributed by atoms with van der Waals surface area (Å²) >= 11 is 0. The molecule has 0 unspecified atom stereocenters. The fraction of sp³-hybridized carbons (Fsp3) is 0.0667. The summed E-state index contributed by atoms with van der Waals surface area (Å²) in [6.07, 6.45) is 3.46. The zero-order valence-electron chi connectivity index (χ0n) is 11.4. The van der Waals surface area contributed by atoms with Gasteiger partial charge in [0.1, 0.15) is 0 Å². The summed E-state index contributed by atoms with van der Waals surface area (Å²) < 4.78 is 0. The Hall–Kier alpha value is -3.02. The number of rotatable bonds is 2. The van der Waals surface area contributed by atoms with Crippen molar-refractivity contribution in [1.82, 2.24) is 10.7 Å². The van der Waals surface area contributed by atoms with Crippen molar-refractivity contribution >= 4 is 11.6 Å². The highest BCUT2D eigenvalue weighted by Crippen LogP contribution is 2.27. The minimum Gasteiger partial charge on any atom is -0.355 e. The van der Waals surface area contributed by atoms with Crippen LogP contribution in [0.4, 0.5) is 0 Å². The summed E-state index contributed by atoms with van der Waals surface area (Å²) in [5.41, 5.74) is 6.78. The molecule has 0 aromatic carbocycles. The molecule has 0 aromatic heterocycles. The molecule has 0 atom stereocenters. The first-order valence-corrected chi connectivity index (χ1v) is 6.44. The molecule has 1 heterocycles. The van der Waals surface area contributed by atoms with Crippen LogP contribution in [0.15, 0.2) is 64.2 Å². The Bertz CT molecular complexity index is 748. The molecule has 104 valence electrons. The van der Waals surface area contributed by atoms with Gasteiger partial charge in [0.05, 0.1) is 5.71 Å². The highest BCUT2D eigenvalue weighted by molar-refractivity contribution is 6.09. The number of carbonyl (C=O) groups is 1. The quantitative estimate of drug-likeness (QED) is 0.885. The van der Waals surface area contributed by atoms with E-state index < -0.39 is 0 Å². The summed E-state index contributed by atoms with van der Waals surface area (Å²) in [5.74, 6) is -0.0950. The Labute approximate surface area is 121 Å². The van der Waals surface area contributed by atoms with Crippen LogP contribution in [0.25, 0.3) is 11.1 Å². The zero-order chi connectivity index (χ0) is 14.7. The fourth-order valence-electron chi connectivity index (χ4n) is 2.18. The Kier molecular flexibility index (Phi) is 3.42. The lowest BCUT2D eigenvalue weighted by Gasteiger charge is -1.99. The number of allylic oxidation sites excluding steroid dienone is 1. The molecule has 0 spiro atoms. The summed E-state index contributed by atoms with van der Waals surface area (Å²) in [6, 6.07) is 11.5. The third-order valence-electron chi connectivity index (χ3n) is 3.24. The maximum absolute atomic E-state index is 11.8. The molecular formula is C15H13N5O. The molecule has 3 rings (SSSR count). The Balaban J connectivity index is 2.07. The molecule has 0 fully saturated rings. The van der Waals surface area contributed by atoms with Crippen LogP contribution < -0.4 is 10.7 Å². The van der Waals surface area contributed by atoms with E-state index in [9.17, 15) is 4.79 Å². The smallest absolute Gasteiger partial charge is 0.251 e. The molecule has 1 amide bonds. The van der Waals surface area contributed by atoms with Crippen molar-refractivity contribution in [2.45, 2.75) is 0 Å². The van der Waals surface area contributed by atoms with Crippen LogP contribution in [-0.2, 0) is 0 Å². The highest BCUT2D eigenvalue weighted by atomic mass is 16.1. The lowest BCUT2D eigenvalue weighted by Crippen LogP contribution is -2.17. The van der Waals surface area contributed by atoms with Crippen molar-refractivity contribution in [2.24, 2.45) is 15.5 Å². The number of hydrogen-bond donors (Lipinski definition) is 2. The number of hydrogen-bond acceptors (Lipinski definition) is 5. The second kappa shape index (κ2) is 5.54. The van der Waals surface area contributed by atoms with E-state index in [4.69, 9.17) is 0 Å². The minimum absolute atomic E-state index is 0.0950. The molecule has 2 aliphatic carbocycles. The molecule has 3 aliphatic rings. The lowest BCUT2D eigenvalue weighted by molar-refractivity contribution is 0.0964. The number of carbonyl (C=O) groups excluding carboxylic acids is 1. The van der Waals surface area contributed by atoms with E-state index in [1.165, 1.54) is 0 Å². The van der Waals surface area contributed by atoms with Crippen molar-refractivity contribution < 1.29 is 4.79 Å². The third-order valence-corrected chi connectivity index (χ3v) is 3.24. The van der Waals surface area contributed by atoms with Gasteiger partial charge >= 0.3 is 0 Å². The first-order valence-electron chi connectivity index (χ1n) is 6.44. The van der Waals surface area contributed by atoms with Crippen molar-refractivity contribution in [3.05, 3.63) is 59.8 Å². The van der Waals surface area contributed by atoms with E-state index in [1.807, 2.05) is 36.4 Å². The molecule has 0 saturated heterocycles. The first-order chi connectivity index (χ1) is 10.3. The van der Waals surface area contributed by atoms with E-state index in [-0.39, 0.29) is 5.91 Å². The van der Waals surface area contributed by atoms with Crippen LogP contribution in [0.1, 0.15) is 15.9 Å². The van der Waals surface area contributed by atoms with E-state index in [1.54, 1.807) is 19.3 Å². The van der Waals surface area contributed by atoms with Gasteiger partial charge in [0.15, 0.2) is 0 Å². The van der Waals surface area contributed by atoms with Gasteiger partial charge in [-0.25, -0.2) is 0 Å². The number of nitrogens with one attached hydrogen (secondary N) is 2. The molecule has 0 saturated carbocycles. The molecule has 1 aliphatic heterocycles. The molecule has 6 heteroatoms. The van der Waals surface area contributed by atoms with Gasteiger partial charge in [-0.1, -0.05) is 30.3 Å². The number of amides is 1. The van der Waals surface area contributed by atoms with Crippen molar-refractivity contribution in [3.63, 3.8) is 0 Å². The largest absolute Gasteiger partial charge is 0.355 e. The predicted octanol–water partition coefficient (Wildman–Crippen LogP) is 2.34. The van der Waals surface area contributed by atoms with Gasteiger partial charge in [-0.15, -0.1) is 5.10 Å².